The number of carboxylic acids is 2. The van der Waals surface area contributed by atoms with Gasteiger partial charge in [-0.2, -0.15) is 0 Å². The number of benzene rings is 2. The van der Waals surface area contributed by atoms with Crippen LogP contribution in [-0.4, -0.2) is 57.0 Å². The molecule has 0 saturated carbocycles. The first-order chi connectivity index (χ1) is 15.0. The predicted octanol–water partition coefficient (Wildman–Crippen LogP) is 2.50. The number of aliphatic hydroxyl groups is 1. The van der Waals surface area contributed by atoms with E-state index in [0.29, 0.717) is 31.3 Å². The minimum Gasteiger partial charge on any atom is -0.478 e. The maximum Gasteiger partial charge on any atom is 0.328 e. The third-order valence-corrected chi connectivity index (χ3v) is 3.92. The van der Waals surface area contributed by atoms with Gasteiger partial charge in [0.1, 0.15) is 6.10 Å². The number of carboxylic acid groups (broad SMARTS) is 2. The average molecular weight is 425 g/mol. The number of ether oxygens (including phenoxy) is 1. The molecular formula is C22H23N3O6. The Morgan fingerprint density at radius 3 is 2.29 bits per heavy atom. The topological polar surface area (TPSA) is 142 Å². The molecule has 0 bridgehead atoms. The fourth-order valence-electron chi connectivity index (χ4n) is 2.59. The third-order valence-electron chi connectivity index (χ3n) is 3.92. The summed E-state index contributed by atoms with van der Waals surface area (Å²) in [7, 11) is 0. The van der Waals surface area contributed by atoms with Crippen molar-refractivity contribution >= 4 is 28.7 Å². The van der Waals surface area contributed by atoms with E-state index in [-0.39, 0.29) is 6.61 Å². The van der Waals surface area contributed by atoms with Crippen molar-refractivity contribution in [3.63, 3.8) is 0 Å². The van der Waals surface area contributed by atoms with Gasteiger partial charge in [0, 0.05) is 31.1 Å². The second-order valence-corrected chi connectivity index (χ2v) is 6.17. The van der Waals surface area contributed by atoms with Crippen molar-refractivity contribution in [3.8, 4) is 0 Å². The molecule has 162 valence electrons. The summed E-state index contributed by atoms with van der Waals surface area (Å²) in [5, 5.41) is 31.2. The van der Waals surface area contributed by atoms with Crippen molar-refractivity contribution in [3.05, 3.63) is 78.6 Å². The molecule has 0 aliphatic carbocycles. The number of hydrogen-bond acceptors (Lipinski definition) is 7. The maximum absolute atomic E-state index is 10.4. The number of carbonyl (C=O) groups is 2. The highest BCUT2D eigenvalue weighted by Gasteiger charge is 2.11. The average Bonchev–Trinajstić information content (AvgIpc) is 2.78. The number of aliphatic carboxylic acids is 2. The third kappa shape index (κ3) is 8.60. The standard InChI is InChI=1S/C18H19N3O2.C4H4O4/c22-17(13-23-12-11-21-18-19-9-4-10-20-18)16-8-3-6-14-5-1-2-7-15(14)16;5-3(6)1-2-4(7)8/h1-10,17,22H,11-13H2,(H,19,20,21);1-2H,(H,5,6)(H,7,8)/b;2-1-. The largest absolute Gasteiger partial charge is 0.478 e. The van der Waals surface area contributed by atoms with Gasteiger partial charge in [0.05, 0.1) is 13.2 Å². The van der Waals surface area contributed by atoms with Gasteiger partial charge in [-0.25, -0.2) is 19.6 Å². The molecule has 1 aromatic heterocycles. The van der Waals surface area contributed by atoms with E-state index in [1.807, 2.05) is 42.5 Å². The molecule has 9 heteroatoms. The van der Waals surface area contributed by atoms with E-state index in [0.717, 1.165) is 16.3 Å². The van der Waals surface area contributed by atoms with Gasteiger partial charge in [-0.15, -0.1) is 0 Å². The summed E-state index contributed by atoms with van der Waals surface area (Å²) >= 11 is 0. The minimum absolute atomic E-state index is 0.255. The molecule has 0 fully saturated rings. The van der Waals surface area contributed by atoms with Crippen LogP contribution in [0.5, 0.6) is 0 Å². The Morgan fingerprint density at radius 1 is 0.968 bits per heavy atom. The second-order valence-electron chi connectivity index (χ2n) is 6.17. The lowest BCUT2D eigenvalue weighted by molar-refractivity contribution is -0.134. The minimum atomic E-state index is -1.26. The highest BCUT2D eigenvalue weighted by Crippen LogP contribution is 2.24. The van der Waals surface area contributed by atoms with Crippen LogP contribution in [0.15, 0.2) is 73.1 Å². The molecule has 1 atom stereocenters. The Morgan fingerprint density at radius 2 is 1.61 bits per heavy atom. The van der Waals surface area contributed by atoms with E-state index in [2.05, 4.69) is 15.3 Å². The fraction of sp³-hybridized carbons (Fsp3) is 0.182. The molecule has 31 heavy (non-hydrogen) atoms. The first kappa shape index (κ1) is 23.5. The van der Waals surface area contributed by atoms with Crippen molar-refractivity contribution in [2.75, 3.05) is 25.1 Å². The maximum atomic E-state index is 10.4. The fourth-order valence-corrected chi connectivity index (χ4v) is 2.59. The zero-order valence-electron chi connectivity index (χ0n) is 16.6. The molecule has 9 nitrogen and oxygen atoms in total. The van der Waals surface area contributed by atoms with Gasteiger partial charge in [0.25, 0.3) is 0 Å². The Kier molecular flexibility index (Phi) is 9.60. The lowest BCUT2D eigenvalue weighted by Crippen LogP contribution is -2.15. The molecule has 0 aliphatic heterocycles. The zero-order chi connectivity index (χ0) is 22.5. The summed E-state index contributed by atoms with van der Waals surface area (Å²) in [4.78, 5) is 27.2. The van der Waals surface area contributed by atoms with Crippen molar-refractivity contribution in [1.82, 2.24) is 9.97 Å². The molecule has 3 aromatic rings. The molecule has 0 radical (unpaired) electrons. The number of aromatic nitrogens is 2. The molecule has 0 amide bonds. The van der Waals surface area contributed by atoms with Crippen molar-refractivity contribution in [2.45, 2.75) is 6.10 Å². The molecule has 0 saturated heterocycles. The number of fused-ring (bicyclic) bond motifs is 1. The Balaban J connectivity index is 0.000000366. The summed E-state index contributed by atoms with van der Waals surface area (Å²) in [5.41, 5.74) is 0.891. The van der Waals surface area contributed by atoms with Crippen LogP contribution in [0.25, 0.3) is 10.8 Å². The van der Waals surface area contributed by atoms with Gasteiger partial charge >= 0.3 is 11.9 Å². The van der Waals surface area contributed by atoms with Gasteiger partial charge in [-0.1, -0.05) is 42.5 Å². The van der Waals surface area contributed by atoms with Crippen molar-refractivity contribution < 1.29 is 29.6 Å². The van der Waals surface area contributed by atoms with Crippen LogP contribution in [0.2, 0.25) is 0 Å². The van der Waals surface area contributed by atoms with Gasteiger partial charge in [-0.05, 0) is 22.4 Å². The molecule has 1 unspecified atom stereocenters. The van der Waals surface area contributed by atoms with E-state index in [1.165, 1.54) is 0 Å². The van der Waals surface area contributed by atoms with E-state index in [4.69, 9.17) is 14.9 Å². The normalized spacial score (nSPS) is 11.5. The number of nitrogens with zero attached hydrogens (tertiary/aromatic N) is 2. The zero-order valence-corrected chi connectivity index (χ0v) is 16.6. The lowest BCUT2D eigenvalue weighted by Gasteiger charge is -2.14. The Bertz CT molecular complexity index is 989. The van der Waals surface area contributed by atoms with E-state index in [1.54, 1.807) is 18.5 Å². The quantitative estimate of drug-likeness (QED) is 0.300. The Hall–Kier alpha value is -3.82. The SMILES string of the molecule is O=C(O)/C=C\C(=O)O.OC(COCCNc1ncccn1)c1cccc2ccccc12. The van der Waals surface area contributed by atoms with Crippen LogP contribution in [0.1, 0.15) is 11.7 Å². The van der Waals surface area contributed by atoms with Crippen LogP contribution in [0.3, 0.4) is 0 Å². The number of rotatable bonds is 9. The first-order valence-corrected chi connectivity index (χ1v) is 9.35. The lowest BCUT2D eigenvalue weighted by atomic mass is 10.0. The first-order valence-electron chi connectivity index (χ1n) is 9.35. The molecule has 1 heterocycles. The molecular weight excluding hydrogens is 402 g/mol. The molecule has 0 spiro atoms. The summed E-state index contributed by atoms with van der Waals surface area (Å²) in [6, 6.07) is 15.7. The highest BCUT2D eigenvalue weighted by atomic mass is 16.5. The second kappa shape index (κ2) is 12.7. The summed E-state index contributed by atoms with van der Waals surface area (Å²) in [6.45, 7) is 1.32. The van der Waals surface area contributed by atoms with E-state index >= 15 is 0 Å². The predicted molar refractivity (Wildman–Crippen MR) is 115 cm³/mol. The monoisotopic (exact) mass is 425 g/mol. The van der Waals surface area contributed by atoms with Gasteiger partial charge in [0.2, 0.25) is 5.95 Å². The van der Waals surface area contributed by atoms with Crippen LogP contribution < -0.4 is 5.32 Å². The number of hydrogen-bond donors (Lipinski definition) is 4. The van der Waals surface area contributed by atoms with Crippen LogP contribution >= 0.6 is 0 Å². The van der Waals surface area contributed by atoms with Crippen LogP contribution in [0.4, 0.5) is 5.95 Å². The molecule has 0 aliphatic rings. The number of aliphatic hydroxyl groups excluding tert-OH is 1. The molecule has 3 rings (SSSR count). The van der Waals surface area contributed by atoms with Gasteiger partial charge in [-0.3, -0.25) is 0 Å². The van der Waals surface area contributed by atoms with Crippen LogP contribution in [0, 0.1) is 0 Å². The van der Waals surface area contributed by atoms with Crippen molar-refractivity contribution in [1.29, 1.82) is 0 Å². The van der Waals surface area contributed by atoms with Gasteiger partial charge in [0.15, 0.2) is 0 Å². The van der Waals surface area contributed by atoms with Crippen molar-refractivity contribution in [2.24, 2.45) is 0 Å². The van der Waals surface area contributed by atoms with Crippen LogP contribution in [-0.2, 0) is 14.3 Å². The number of anilines is 1. The Labute approximate surface area is 178 Å². The highest BCUT2D eigenvalue weighted by molar-refractivity contribution is 5.89. The molecule has 2 aromatic carbocycles. The summed E-state index contributed by atoms with van der Waals surface area (Å²) < 4.78 is 5.55. The van der Waals surface area contributed by atoms with E-state index in [9.17, 15) is 14.7 Å². The molecule has 4 N–H and O–H groups in total. The smallest absolute Gasteiger partial charge is 0.328 e. The summed E-state index contributed by atoms with van der Waals surface area (Å²) in [5.74, 6) is -1.94. The number of nitrogens with one attached hydrogen (secondary N) is 1. The van der Waals surface area contributed by atoms with E-state index < -0.39 is 18.0 Å². The summed E-state index contributed by atoms with van der Waals surface area (Å²) in [6.07, 6.45) is 3.83. The van der Waals surface area contributed by atoms with Gasteiger partial charge < -0.3 is 25.4 Å².